The summed E-state index contributed by atoms with van der Waals surface area (Å²) in [5.41, 5.74) is 6.17. The summed E-state index contributed by atoms with van der Waals surface area (Å²) in [7, 11) is 0. The van der Waals surface area contributed by atoms with Gasteiger partial charge >= 0.3 is 0 Å². The SMILES string of the molecule is CCn1c(CN)nnc1SCc1ccc(Cl)cc1F. The van der Waals surface area contributed by atoms with Crippen LogP contribution in [0.2, 0.25) is 5.02 Å². The lowest BCUT2D eigenvalue weighted by atomic mass is 10.2. The first-order valence-corrected chi connectivity index (χ1v) is 7.21. The third-order valence-corrected chi connectivity index (χ3v) is 3.91. The third kappa shape index (κ3) is 3.26. The second kappa shape index (κ2) is 6.36. The topological polar surface area (TPSA) is 56.7 Å². The minimum atomic E-state index is -0.304. The number of thioether (sulfide) groups is 1. The second-order valence-electron chi connectivity index (χ2n) is 3.87. The summed E-state index contributed by atoms with van der Waals surface area (Å²) in [6.45, 7) is 3.08. The fourth-order valence-electron chi connectivity index (χ4n) is 1.68. The van der Waals surface area contributed by atoms with E-state index in [4.69, 9.17) is 17.3 Å². The molecule has 102 valence electrons. The minimum Gasteiger partial charge on any atom is -0.324 e. The molecule has 0 bridgehead atoms. The van der Waals surface area contributed by atoms with Crippen LogP contribution in [0.5, 0.6) is 0 Å². The van der Waals surface area contributed by atoms with Crippen molar-refractivity contribution in [2.75, 3.05) is 0 Å². The van der Waals surface area contributed by atoms with Gasteiger partial charge in [-0.2, -0.15) is 0 Å². The highest BCUT2D eigenvalue weighted by molar-refractivity contribution is 7.98. The molecule has 0 saturated heterocycles. The van der Waals surface area contributed by atoms with Crippen molar-refractivity contribution in [3.05, 3.63) is 40.4 Å². The van der Waals surface area contributed by atoms with Crippen molar-refractivity contribution < 1.29 is 4.39 Å². The molecular formula is C12H14ClFN4S. The van der Waals surface area contributed by atoms with Gasteiger partial charge in [-0.25, -0.2) is 4.39 Å². The van der Waals surface area contributed by atoms with Gasteiger partial charge < -0.3 is 10.3 Å². The molecule has 2 aromatic rings. The monoisotopic (exact) mass is 300 g/mol. The van der Waals surface area contributed by atoms with E-state index >= 15 is 0 Å². The Morgan fingerprint density at radius 3 is 2.84 bits per heavy atom. The zero-order valence-corrected chi connectivity index (χ0v) is 12.0. The van der Waals surface area contributed by atoms with Crippen molar-refractivity contribution >= 4 is 23.4 Å². The molecule has 0 unspecified atom stereocenters. The molecule has 7 heteroatoms. The summed E-state index contributed by atoms with van der Waals surface area (Å²) >= 11 is 7.15. The van der Waals surface area contributed by atoms with E-state index in [0.29, 0.717) is 22.9 Å². The normalized spacial score (nSPS) is 10.9. The quantitative estimate of drug-likeness (QED) is 0.863. The zero-order chi connectivity index (χ0) is 13.8. The number of aromatic nitrogens is 3. The van der Waals surface area contributed by atoms with E-state index in [9.17, 15) is 4.39 Å². The predicted molar refractivity (Wildman–Crippen MR) is 74.6 cm³/mol. The molecule has 19 heavy (non-hydrogen) atoms. The number of nitrogens with two attached hydrogens (primary N) is 1. The zero-order valence-electron chi connectivity index (χ0n) is 10.4. The minimum absolute atomic E-state index is 0.304. The molecule has 4 nitrogen and oxygen atoms in total. The molecule has 2 rings (SSSR count). The predicted octanol–water partition coefficient (Wildman–Crippen LogP) is 2.84. The summed E-state index contributed by atoms with van der Waals surface area (Å²) in [6.07, 6.45) is 0. The Labute approximate surface area is 120 Å². The van der Waals surface area contributed by atoms with Crippen molar-refractivity contribution in [3.63, 3.8) is 0 Å². The lowest BCUT2D eigenvalue weighted by Gasteiger charge is -2.06. The maximum atomic E-state index is 13.6. The first-order chi connectivity index (χ1) is 9.15. The Morgan fingerprint density at radius 1 is 1.42 bits per heavy atom. The summed E-state index contributed by atoms with van der Waals surface area (Å²) in [4.78, 5) is 0. The molecule has 1 heterocycles. The highest BCUT2D eigenvalue weighted by Crippen LogP contribution is 2.24. The number of hydrogen-bond donors (Lipinski definition) is 1. The van der Waals surface area contributed by atoms with Gasteiger partial charge in [0.25, 0.3) is 0 Å². The Bertz CT molecular complexity index is 573. The van der Waals surface area contributed by atoms with Crippen molar-refractivity contribution in [2.24, 2.45) is 5.73 Å². The van der Waals surface area contributed by atoms with E-state index in [1.807, 2.05) is 11.5 Å². The maximum Gasteiger partial charge on any atom is 0.191 e. The van der Waals surface area contributed by atoms with Gasteiger partial charge in [-0.3, -0.25) is 0 Å². The van der Waals surface area contributed by atoms with E-state index in [0.717, 1.165) is 17.5 Å². The molecule has 1 aromatic heterocycles. The summed E-state index contributed by atoms with van der Waals surface area (Å²) in [5, 5.41) is 9.22. The summed E-state index contributed by atoms with van der Waals surface area (Å²) in [6, 6.07) is 4.67. The maximum absolute atomic E-state index is 13.6. The van der Waals surface area contributed by atoms with Gasteiger partial charge in [0.05, 0.1) is 6.54 Å². The molecule has 0 fully saturated rings. The highest BCUT2D eigenvalue weighted by Gasteiger charge is 2.11. The molecule has 1 aromatic carbocycles. The lowest BCUT2D eigenvalue weighted by Crippen LogP contribution is -2.08. The van der Waals surface area contributed by atoms with Gasteiger partial charge in [-0.1, -0.05) is 29.4 Å². The average molecular weight is 301 g/mol. The van der Waals surface area contributed by atoms with Crippen LogP contribution < -0.4 is 5.73 Å². The van der Waals surface area contributed by atoms with E-state index < -0.39 is 0 Å². The number of nitrogens with zero attached hydrogens (tertiary/aromatic N) is 3. The van der Waals surface area contributed by atoms with Gasteiger partial charge in [-0.05, 0) is 24.6 Å². The Balaban J connectivity index is 2.12. The molecule has 0 aliphatic rings. The van der Waals surface area contributed by atoms with Gasteiger partial charge in [0.2, 0.25) is 0 Å². The Morgan fingerprint density at radius 2 is 2.21 bits per heavy atom. The number of rotatable bonds is 5. The molecule has 0 aliphatic carbocycles. The van der Waals surface area contributed by atoms with Crippen LogP contribution in [0.1, 0.15) is 18.3 Å². The van der Waals surface area contributed by atoms with E-state index in [-0.39, 0.29) is 5.82 Å². The van der Waals surface area contributed by atoms with Crippen LogP contribution in [0.4, 0.5) is 4.39 Å². The summed E-state index contributed by atoms with van der Waals surface area (Å²) in [5.74, 6) is 0.911. The van der Waals surface area contributed by atoms with Gasteiger partial charge in [0.1, 0.15) is 11.6 Å². The standard InChI is InChI=1S/C12H14ClFN4S/c1-2-18-11(6-15)16-17-12(18)19-7-8-3-4-9(13)5-10(8)14/h3-5H,2,6-7,15H2,1H3. The number of hydrogen-bond acceptors (Lipinski definition) is 4. The first kappa shape index (κ1) is 14.3. The van der Waals surface area contributed by atoms with Crippen LogP contribution in [-0.4, -0.2) is 14.8 Å². The molecule has 0 atom stereocenters. The molecular weight excluding hydrogens is 287 g/mol. The van der Waals surface area contributed by atoms with E-state index in [1.165, 1.54) is 17.8 Å². The van der Waals surface area contributed by atoms with Crippen LogP contribution in [0.3, 0.4) is 0 Å². The van der Waals surface area contributed by atoms with Crippen LogP contribution in [0.15, 0.2) is 23.4 Å². The average Bonchev–Trinajstić information content (AvgIpc) is 2.79. The molecule has 0 spiro atoms. The second-order valence-corrected chi connectivity index (χ2v) is 5.25. The first-order valence-electron chi connectivity index (χ1n) is 5.84. The van der Waals surface area contributed by atoms with Gasteiger partial charge in [0.15, 0.2) is 5.16 Å². The molecule has 0 amide bonds. The van der Waals surface area contributed by atoms with Crippen LogP contribution >= 0.6 is 23.4 Å². The van der Waals surface area contributed by atoms with Crippen LogP contribution in [-0.2, 0) is 18.8 Å². The Kier molecular flexibility index (Phi) is 4.79. The molecule has 0 saturated carbocycles. The Hall–Kier alpha value is -1.11. The fraction of sp³-hybridized carbons (Fsp3) is 0.333. The molecule has 0 aliphatic heterocycles. The fourth-order valence-corrected chi connectivity index (χ4v) is 2.84. The van der Waals surface area contributed by atoms with Crippen LogP contribution in [0, 0.1) is 5.82 Å². The summed E-state index contributed by atoms with van der Waals surface area (Å²) < 4.78 is 15.6. The van der Waals surface area contributed by atoms with E-state index in [2.05, 4.69) is 10.2 Å². The number of halogens is 2. The highest BCUT2D eigenvalue weighted by atomic mass is 35.5. The number of benzene rings is 1. The lowest BCUT2D eigenvalue weighted by molar-refractivity contribution is 0.616. The third-order valence-electron chi connectivity index (χ3n) is 2.66. The van der Waals surface area contributed by atoms with Crippen molar-refractivity contribution in [3.8, 4) is 0 Å². The smallest absolute Gasteiger partial charge is 0.191 e. The van der Waals surface area contributed by atoms with Gasteiger partial charge in [-0.15, -0.1) is 10.2 Å². The largest absolute Gasteiger partial charge is 0.324 e. The van der Waals surface area contributed by atoms with Crippen molar-refractivity contribution in [2.45, 2.75) is 30.9 Å². The van der Waals surface area contributed by atoms with E-state index in [1.54, 1.807) is 12.1 Å². The van der Waals surface area contributed by atoms with Crippen LogP contribution in [0.25, 0.3) is 0 Å². The van der Waals surface area contributed by atoms with Crippen molar-refractivity contribution in [1.82, 2.24) is 14.8 Å². The van der Waals surface area contributed by atoms with Gasteiger partial charge in [0, 0.05) is 17.3 Å². The molecule has 0 radical (unpaired) electrons. The van der Waals surface area contributed by atoms with Crippen molar-refractivity contribution in [1.29, 1.82) is 0 Å². The molecule has 2 N–H and O–H groups in total.